The summed E-state index contributed by atoms with van der Waals surface area (Å²) >= 11 is 0. The number of carbonyl (C=O) groups is 2. The van der Waals surface area contributed by atoms with Crippen LogP contribution in [-0.2, 0) is 9.59 Å². The molecule has 8 heteroatoms. The Morgan fingerprint density at radius 2 is 1.86 bits per heavy atom. The van der Waals surface area contributed by atoms with E-state index in [0.717, 1.165) is 5.69 Å². The van der Waals surface area contributed by atoms with Gasteiger partial charge in [-0.05, 0) is 6.07 Å². The molecule has 1 amide bonds. The average molecular weight is 307 g/mol. The number of nitro groups is 1. The summed E-state index contributed by atoms with van der Waals surface area (Å²) in [7, 11) is 0. The molecule has 0 spiro atoms. The van der Waals surface area contributed by atoms with E-state index in [2.05, 4.69) is 0 Å². The second-order valence-corrected chi connectivity index (χ2v) is 5.04. The number of nitrogens with zero attached hydrogens (tertiary/aromatic N) is 3. The number of carboxylic acids is 1. The van der Waals surface area contributed by atoms with E-state index in [1.54, 1.807) is 17.0 Å². The molecule has 1 aliphatic heterocycles. The van der Waals surface area contributed by atoms with E-state index in [-0.39, 0.29) is 24.4 Å². The van der Waals surface area contributed by atoms with Crippen molar-refractivity contribution in [1.29, 1.82) is 0 Å². The highest BCUT2D eigenvalue weighted by molar-refractivity contribution is 5.81. The molecule has 1 aliphatic rings. The fourth-order valence-electron chi connectivity index (χ4n) is 2.39. The fourth-order valence-corrected chi connectivity index (χ4v) is 2.39. The Labute approximate surface area is 127 Å². The van der Waals surface area contributed by atoms with Crippen LogP contribution in [0.2, 0.25) is 0 Å². The lowest BCUT2D eigenvalue weighted by molar-refractivity contribution is -0.384. The Hall–Kier alpha value is -2.64. The smallest absolute Gasteiger partial charge is 0.303 e. The van der Waals surface area contributed by atoms with Crippen molar-refractivity contribution in [3.05, 3.63) is 34.4 Å². The molecular formula is C14H17N3O5. The van der Waals surface area contributed by atoms with Gasteiger partial charge < -0.3 is 14.9 Å². The van der Waals surface area contributed by atoms with Crippen LogP contribution in [0.1, 0.15) is 12.8 Å². The molecule has 118 valence electrons. The number of nitro benzene ring substituents is 1. The zero-order valence-corrected chi connectivity index (χ0v) is 12.0. The Morgan fingerprint density at radius 1 is 1.18 bits per heavy atom. The number of benzene rings is 1. The number of non-ortho nitro benzene ring substituents is 1. The van der Waals surface area contributed by atoms with Gasteiger partial charge in [0.25, 0.3) is 5.69 Å². The van der Waals surface area contributed by atoms with Crippen LogP contribution >= 0.6 is 0 Å². The minimum absolute atomic E-state index is 0.00609. The minimum atomic E-state index is -0.983. The summed E-state index contributed by atoms with van der Waals surface area (Å²) in [6.07, 6.45) is -0.157. The standard InChI is InChI=1S/C14H17N3O5/c18-13(4-5-14(19)20)16-8-6-15(7-9-16)11-2-1-3-12(10-11)17(21)22/h1-3,10H,4-9H2,(H,19,20). The van der Waals surface area contributed by atoms with E-state index in [4.69, 9.17) is 5.11 Å². The molecule has 0 radical (unpaired) electrons. The van der Waals surface area contributed by atoms with Gasteiger partial charge in [-0.15, -0.1) is 0 Å². The molecule has 0 bridgehead atoms. The molecule has 1 saturated heterocycles. The van der Waals surface area contributed by atoms with E-state index < -0.39 is 10.9 Å². The van der Waals surface area contributed by atoms with Crippen molar-refractivity contribution in [2.24, 2.45) is 0 Å². The first-order chi connectivity index (χ1) is 10.5. The van der Waals surface area contributed by atoms with Crippen LogP contribution in [0.25, 0.3) is 0 Å². The maximum atomic E-state index is 11.8. The van der Waals surface area contributed by atoms with Crippen molar-refractivity contribution >= 4 is 23.3 Å². The van der Waals surface area contributed by atoms with Crippen LogP contribution in [-0.4, -0.2) is 53.0 Å². The molecule has 0 unspecified atom stereocenters. The topological polar surface area (TPSA) is 104 Å². The highest BCUT2D eigenvalue weighted by atomic mass is 16.6. The first-order valence-corrected chi connectivity index (χ1v) is 6.96. The van der Waals surface area contributed by atoms with Gasteiger partial charge in [0.15, 0.2) is 0 Å². The molecular weight excluding hydrogens is 290 g/mol. The number of anilines is 1. The molecule has 8 nitrogen and oxygen atoms in total. The lowest BCUT2D eigenvalue weighted by Crippen LogP contribution is -2.48. The second kappa shape index (κ2) is 6.88. The normalized spacial score (nSPS) is 14.7. The maximum Gasteiger partial charge on any atom is 0.303 e. The third kappa shape index (κ3) is 3.94. The van der Waals surface area contributed by atoms with Gasteiger partial charge in [-0.25, -0.2) is 0 Å². The summed E-state index contributed by atoms with van der Waals surface area (Å²) in [5, 5.41) is 19.4. The molecule has 1 aromatic rings. The van der Waals surface area contributed by atoms with E-state index in [1.807, 2.05) is 4.90 Å². The van der Waals surface area contributed by atoms with Gasteiger partial charge in [0.05, 0.1) is 11.3 Å². The second-order valence-electron chi connectivity index (χ2n) is 5.04. The highest BCUT2D eigenvalue weighted by Crippen LogP contribution is 2.22. The summed E-state index contributed by atoms with van der Waals surface area (Å²) in [5.74, 6) is -1.15. The largest absolute Gasteiger partial charge is 0.481 e. The van der Waals surface area contributed by atoms with Gasteiger partial charge in [-0.1, -0.05) is 6.07 Å². The Balaban J connectivity index is 1.92. The Bertz CT molecular complexity index is 582. The summed E-state index contributed by atoms with van der Waals surface area (Å²) < 4.78 is 0. The van der Waals surface area contributed by atoms with Crippen molar-refractivity contribution in [3.63, 3.8) is 0 Å². The summed E-state index contributed by atoms with van der Waals surface area (Å²) in [5.41, 5.74) is 0.796. The first-order valence-electron chi connectivity index (χ1n) is 6.96. The number of hydrogen-bond acceptors (Lipinski definition) is 5. The SMILES string of the molecule is O=C(O)CCC(=O)N1CCN(c2cccc([N+](=O)[O-])c2)CC1. The number of carbonyl (C=O) groups excluding carboxylic acids is 1. The van der Waals surface area contributed by atoms with Crippen LogP contribution in [0.15, 0.2) is 24.3 Å². The van der Waals surface area contributed by atoms with Crippen LogP contribution in [0.5, 0.6) is 0 Å². The zero-order valence-electron chi connectivity index (χ0n) is 12.0. The monoisotopic (exact) mass is 307 g/mol. The van der Waals surface area contributed by atoms with Crippen LogP contribution in [0.4, 0.5) is 11.4 Å². The van der Waals surface area contributed by atoms with Gasteiger partial charge in [0, 0.05) is 50.4 Å². The van der Waals surface area contributed by atoms with E-state index in [9.17, 15) is 19.7 Å². The predicted molar refractivity (Wildman–Crippen MR) is 78.8 cm³/mol. The number of amides is 1. The quantitative estimate of drug-likeness (QED) is 0.645. The molecule has 0 aliphatic carbocycles. The van der Waals surface area contributed by atoms with E-state index in [0.29, 0.717) is 26.2 Å². The third-order valence-corrected chi connectivity index (χ3v) is 3.59. The van der Waals surface area contributed by atoms with Gasteiger partial charge in [0.2, 0.25) is 5.91 Å². The van der Waals surface area contributed by atoms with Crippen molar-refractivity contribution in [2.75, 3.05) is 31.1 Å². The van der Waals surface area contributed by atoms with Gasteiger partial charge >= 0.3 is 5.97 Å². The molecule has 0 saturated carbocycles. The molecule has 0 aromatic heterocycles. The predicted octanol–water partition coefficient (Wildman–Crippen LogP) is 1.11. The number of carboxylic acid groups (broad SMARTS) is 1. The third-order valence-electron chi connectivity index (χ3n) is 3.59. The minimum Gasteiger partial charge on any atom is -0.481 e. The van der Waals surface area contributed by atoms with Crippen molar-refractivity contribution in [2.45, 2.75) is 12.8 Å². The molecule has 1 aromatic carbocycles. The summed E-state index contributed by atoms with van der Waals surface area (Å²) in [4.78, 5) is 36.3. The molecule has 0 atom stereocenters. The van der Waals surface area contributed by atoms with Gasteiger partial charge in [-0.3, -0.25) is 19.7 Å². The number of rotatable bonds is 5. The van der Waals surface area contributed by atoms with Crippen LogP contribution in [0.3, 0.4) is 0 Å². The molecule has 22 heavy (non-hydrogen) atoms. The van der Waals surface area contributed by atoms with Crippen molar-refractivity contribution in [1.82, 2.24) is 4.90 Å². The highest BCUT2D eigenvalue weighted by Gasteiger charge is 2.22. The van der Waals surface area contributed by atoms with Crippen LogP contribution in [0, 0.1) is 10.1 Å². The zero-order chi connectivity index (χ0) is 16.1. The maximum absolute atomic E-state index is 11.8. The molecule has 1 heterocycles. The Morgan fingerprint density at radius 3 is 2.45 bits per heavy atom. The number of hydrogen-bond donors (Lipinski definition) is 1. The average Bonchev–Trinajstić information content (AvgIpc) is 2.53. The summed E-state index contributed by atoms with van der Waals surface area (Å²) in [6, 6.07) is 6.39. The van der Waals surface area contributed by atoms with Crippen LogP contribution < -0.4 is 4.90 Å². The molecule has 2 rings (SSSR count). The number of piperazine rings is 1. The van der Waals surface area contributed by atoms with Crippen molar-refractivity contribution in [3.8, 4) is 0 Å². The van der Waals surface area contributed by atoms with Crippen molar-refractivity contribution < 1.29 is 19.6 Å². The lowest BCUT2D eigenvalue weighted by atomic mass is 10.2. The lowest BCUT2D eigenvalue weighted by Gasteiger charge is -2.36. The number of aliphatic carboxylic acids is 1. The molecule has 1 N–H and O–H groups in total. The fraction of sp³-hybridized carbons (Fsp3) is 0.429. The molecule has 1 fully saturated rings. The van der Waals surface area contributed by atoms with Gasteiger partial charge in [-0.2, -0.15) is 0 Å². The Kier molecular flexibility index (Phi) is 4.92. The first kappa shape index (κ1) is 15.7. The van der Waals surface area contributed by atoms with E-state index >= 15 is 0 Å². The summed E-state index contributed by atoms with van der Waals surface area (Å²) in [6.45, 7) is 2.11. The van der Waals surface area contributed by atoms with Gasteiger partial charge in [0.1, 0.15) is 0 Å². The van der Waals surface area contributed by atoms with E-state index in [1.165, 1.54) is 12.1 Å².